The summed E-state index contributed by atoms with van der Waals surface area (Å²) in [5.74, 6) is 1.48. The van der Waals surface area contributed by atoms with Crippen molar-refractivity contribution >= 4 is 34.5 Å². The minimum absolute atomic E-state index is 0.302. The van der Waals surface area contributed by atoms with E-state index >= 15 is 0 Å². The molecule has 1 atom stereocenters. The summed E-state index contributed by atoms with van der Waals surface area (Å²) in [6.07, 6.45) is 2.56. The van der Waals surface area contributed by atoms with Crippen molar-refractivity contribution < 1.29 is 0 Å². The summed E-state index contributed by atoms with van der Waals surface area (Å²) in [4.78, 5) is 12.1. The number of hydrogen-bond donors (Lipinski definition) is 0. The molecule has 1 aliphatic rings. The first-order valence-electron chi connectivity index (χ1n) is 6.43. The van der Waals surface area contributed by atoms with Gasteiger partial charge in [0.25, 0.3) is 5.78 Å². The Labute approximate surface area is 124 Å². The lowest BCUT2D eigenvalue weighted by molar-refractivity contribution is 0.615. The van der Waals surface area contributed by atoms with E-state index in [0.717, 1.165) is 18.8 Å². The predicted octanol–water partition coefficient (Wildman–Crippen LogP) is 2.96. The van der Waals surface area contributed by atoms with Gasteiger partial charge in [0.2, 0.25) is 0 Å². The molecule has 0 fully saturated rings. The fraction of sp³-hybridized carbons (Fsp3) is 0.308. The van der Waals surface area contributed by atoms with E-state index in [-0.39, 0.29) is 0 Å². The van der Waals surface area contributed by atoms with Gasteiger partial charge in [0.15, 0.2) is 0 Å². The molecule has 20 heavy (non-hydrogen) atoms. The quantitative estimate of drug-likeness (QED) is 0.649. The van der Waals surface area contributed by atoms with Crippen LogP contribution in [0.2, 0.25) is 5.15 Å². The molecule has 0 N–H and O–H groups in total. The van der Waals surface area contributed by atoms with Gasteiger partial charge in [-0.05, 0) is 30.4 Å². The van der Waals surface area contributed by atoms with Crippen LogP contribution in [0.25, 0.3) is 5.78 Å². The fourth-order valence-corrected chi connectivity index (χ4v) is 3.93. The molecule has 102 valence electrons. The smallest absolute Gasteiger partial charge is 0.255 e. The van der Waals surface area contributed by atoms with E-state index in [2.05, 4.69) is 38.3 Å². The molecule has 0 spiro atoms. The van der Waals surface area contributed by atoms with Crippen LogP contribution in [-0.4, -0.2) is 26.1 Å². The van der Waals surface area contributed by atoms with Gasteiger partial charge < -0.3 is 4.90 Å². The maximum atomic E-state index is 6.11. The maximum Gasteiger partial charge on any atom is 0.255 e. The molecule has 4 rings (SSSR count). The molecule has 0 amide bonds. The molecule has 0 radical (unpaired) electrons. The number of rotatable bonds is 1. The highest BCUT2D eigenvalue weighted by Gasteiger charge is 2.27. The van der Waals surface area contributed by atoms with E-state index in [9.17, 15) is 0 Å². The minimum atomic E-state index is 0.302. The second kappa shape index (κ2) is 4.43. The Kier molecular flexibility index (Phi) is 2.68. The van der Waals surface area contributed by atoms with Gasteiger partial charge in [-0.2, -0.15) is 19.6 Å². The lowest BCUT2D eigenvalue weighted by Crippen LogP contribution is -2.34. The van der Waals surface area contributed by atoms with Crippen molar-refractivity contribution in [3.8, 4) is 0 Å². The van der Waals surface area contributed by atoms with Gasteiger partial charge in [0.05, 0.1) is 6.04 Å². The highest BCUT2D eigenvalue weighted by atomic mass is 35.5. The first kappa shape index (κ1) is 12.1. The van der Waals surface area contributed by atoms with Crippen LogP contribution >= 0.6 is 22.9 Å². The zero-order valence-corrected chi connectivity index (χ0v) is 12.4. The normalized spacial score (nSPS) is 18.5. The molecule has 0 aliphatic carbocycles. The Hall–Kier alpha value is -1.66. The van der Waals surface area contributed by atoms with Crippen molar-refractivity contribution in [1.82, 2.24) is 19.6 Å². The Balaban J connectivity index is 1.86. The van der Waals surface area contributed by atoms with Crippen LogP contribution in [-0.2, 0) is 6.42 Å². The van der Waals surface area contributed by atoms with Crippen LogP contribution in [0, 0.1) is 0 Å². The molecular formula is C13H12ClN5S. The van der Waals surface area contributed by atoms with Gasteiger partial charge in [-0.15, -0.1) is 11.3 Å². The molecule has 0 aromatic carbocycles. The summed E-state index contributed by atoms with van der Waals surface area (Å²) in [6.45, 7) is 3.16. The standard InChI is InChI=1S/C13H12ClN5S/c1-8-9-3-5-20-10(9)2-4-18(8)12-6-11(14)17-13-15-7-16-19(12)13/h3,5-8H,2,4H2,1H3. The zero-order valence-electron chi connectivity index (χ0n) is 10.8. The van der Waals surface area contributed by atoms with Crippen LogP contribution < -0.4 is 4.90 Å². The minimum Gasteiger partial charge on any atom is -0.349 e. The van der Waals surface area contributed by atoms with Crippen molar-refractivity contribution in [3.05, 3.63) is 39.4 Å². The molecule has 3 aromatic rings. The Bertz CT molecular complexity index is 780. The van der Waals surface area contributed by atoms with E-state index in [0.29, 0.717) is 17.0 Å². The van der Waals surface area contributed by atoms with Crippen LogP contribution in [0.3, 0.4) is 0 Å². The van der Waals surface area contributed by atoms with Crippen LogP contribution in [0.4, 0.5) is 5.82 Å². The molecule has 1 aliphatic heterocycles. The van der Waals surface area contributed by atoms with Crippen LogP contribution in [0.15, 0.2) is 23.8 Å². The van der Waals surface area contributed by atoms with E-state index < -0.39 is 0 Å². The summed E-state index contributed by atoms with van der Waals surface area (Å²) in [5.41, 5.74) is 1.39. The SMILES string of the molecule is CC1c2ccsc2CCN1c1cc(Cl)nc2ncnn12. The van der Waals surface area contributed by atoms with Gasteiger partial charge in [0, 0.05) is 17.5 Å². The van der Waals surface area contributed by atoms with Gasteiger partial charge in [0.1, 0.15) is 17.3 Å². The number of nitrogens with zero attached hydrogens (tertiary/aromatic N) is 5. The molecule has 3 aromatic heterocycles. The summed E-state index contributed by atoms with van der Waals surface area (Å²) < 4.78 is 1.75. The van der Waals surface area contributed by atoms with Crippen molar-refractivity contribution in [2.24, 2.45) is 0 Å². The average molecular weight is 306 g/mol. The zero-order chi connectivity index (χ0) is 13.7. The third-order valence-electron chi connectivity index (χ3n) is 3.77. The molecule has 1 unspecified atom stereocenters. The van der Waals surface area contributed by atoms with Crippen molar-refractivity contribution in [2.75, 3.05) is 11.4 Å². The number of thiophene rings is 1. The first-order chi connectivity index (χ1) is 9.74. The van der Waals surface area contributed by atoms with Gasteiger partial charge >= 0.3 is 0 Å². The molecule has 5 nitrogen and oxygen atoms in total. The molecule has 0 bridgehead atoms. The van der Waals surface area contributed by atoms with Gasteiger partial charge in [-0.1, -0.05) is 11.6 Å². The molecule has 7 heteroatoms. The summed E-state index contributed by atoms with van der Waals surface area (Å²) >= 11 is 7.94. The number of aromatic nitrogens is 4. The Morgan fingerprint density at radius 1 is 1.45 bits per heavy atom. The molecular weight excluding hydrogens is 294 g/mol. The second-order valence-corrected chi connectivity index (χ2v) is 6.22. The van der Waals surface area contributed by atoms with Gasteiger partial charge in [-0.3, -0.25) is 0 Å². The first-order valence-corrected chi connectivity index (χ1v) is 7.69. The van der Waals surface area contributed by atoms with Crippen molar-refractivity contribution in [1.29, 1.82) is 0 Å². The molecule has 4 heterocycles. The number of halogens is 1. The lowest BCUT2D eigenvalue weighted by atomic mass is 10.0. The number of hydrogen-bond acceptors (Lipinski definition) is 5. The Morgan fingerprint density at radius 2 is 2.35 bits per heavy atom. The van der Waals surface area contributed by atoms with E-state index in [1.54, 1.807) is 4.52 Å². The average Bonchev–Trinajstić information content (AvgIpc) is 3.06. The highest BCUT2D eigenvalue weighted by molar-refractivity contribution is 7.10. The monoisotopic (exact) mass is 305 g/mol. The summed E-state index contributed by atoms with van der Waals surface area (Å²) in [7, 11) is 0. The number of fused-ring (bicyclic) bond motifs is 2. The number of anilines is 1. The van der Waals surface area contributed by atoms with Crippen LogP contribution in [0.5, 0.6) is 0 Å². The van der Waals surface area contributed by atoms with Crippen LogP contribution in [0.1, 0.15) is 23.4 Å². The lowest BCUT2D eigenvalue weighted by Gasteiger charge is -2.35. The van der Waals surface area contributed by atoms with E-state index in [1.165, 1.54) is 16.8 Å². The molecule has 0 saturated carbocycles. The van der Waals surface area contributed by atoms with E-state index in [4.69, 9.17) is 11.6 Å². The largest absolute Gasteiger partial charge is 0.349 e. The molecule has 0 saturated heterocycles. The third kappa shape index (κ3) is 1.72. The van der Waals surface area contributed by atoms with Crippen molar-refractivity contribution in [2.45, 2.75) is 19.4 Å². The second-order valence-electron chi connectivity index (χ2n) is 4.83. The maximum absolute atomic E-state index is 6.11. The highest BCUT2D eigenvalue weighted by Crippen LogP contribution is 2.36. The topological polar surface area (TPSA) is 46.3 Å². The van der Waals surface area contributed by atoms with Crippen molar-refractivity contribution in [3.63, 3.8) is 0 Å². The predicted molar refractivity (Wildman–Crippen MR) is 79.6 cm³/mol. The van der Waals surface area contributed by atoms with E-state index in [1.807, 2.05) is 17.4 Å². The summed E-state index contributed by atoms with van der Waals surface area (Å²) in [5, 5.41) is 6.87. The Morgan fingerprint density at radius 3 is 3.25 bits per heavy atom. The summed E-state index contributed by atoms with van der Waals surface area (Å²) in [6, 6.07) is 4.37. The fourth-order valence-electron chi connectivity index (χ4n) is 2.80. The third-order valence-corrected chi connectivity index (χ3v) is 4.96. The van der Waals surface area contributed by atoms with Gasteiger partial charge in [-0.25, -0.2) is 0 Å².